The Kier molecular flexibility index (Phi) is 8.55. The summed E-state index contributed by atoms with van der Waals surface area (Å²) >= 11 is 0. The molecule has 8 nitrogen and oxygen atoms in total. The number of anilines is 1. The fourth-order valence-electron chi connectivity index (χ4n) is 4.28. The van der Waals surface area contributed by atoms with Gasteiger partial charge in [-0.2, -0.15) is 0 Å². The van der Waals surface area contributed by atoms with Crippen LogP contribution >= 0.6 is 0 Å². The van der Waals surface area contributed by atoms with Crippen molar-refractivity contribution >= 4 is 23.5 Å². The normalized spacial score (nSPS) is 19.7. The maximum atomic E-state index is 12.7. The monoisotopic (exact) mass is 429 g/mol. The summed E-state index contributed by atoms with van der Waals surface area (Å²) in [6.07, 6.45) is 6.66. The first-order valence-corrected chi connectivity index (χ1v) is 11.3. The fourth-order valence-corrected chi connectivity index (χ4v) is 4.28. The van der Waals surface area contributed by atoms with Crippen LogP contribution in [0.3, 0.4) is 0 Å². The van der Waals surface area contributed by atoms with E-state index in [0.29, 0.717) is 36.5 Å². The van der Waals surface area contributed by atoms with E-state index in [2.05, 4.69) is 20.9 Å². The van der Waals surface area contributed by atoms with Crippen molar-refractivity contribution in [2.75, 3.05) is 38.6 Å². The molecule has 1 aliphatic carbocycles. The van der Waals surface area contributed by atoms with E-state index in [9.17, 15) is 9.59 Å². The van der Waals surface area contributed by atoms with Crippen molar-refractivity contribution in [2.24, 2.45) is 10.9 Å². The Morgan fingerprint density at radius 2 is 2.00 bits per heavy atom. The van der Waals surface area contributed by atoms with Gasteiger partial charge < -0.3 is 25.6 Å². The number of benzene rings is 1. The Balaban J connectivity index is 1.37. The molecule has 1 aromatic rings. The third-order valence-corrected chi connectivity index (χ3v) is 5.84. The van der Waals surface area contributed by atoms with Gasteiger partial charge in [-0.1, -0.05) is 25.3 Å². The van der Waals surface area contributed by atoms with Crippen molar-refractivity contribution in [3.8, 4) is 5.75 Å². The molecule has 2 fully saturated rings. The van der Waals surface area contributed by atoms with Gasteiger partial charge in [0.05, 0.1) is 6.54 Å². The largest absolute Gasteiger partial charge is 0.492 e. The standard InChI is InChI=1S/C23H35N5O3/c1-17(29)26-19-9-6-10-21(15-19)31-14-12-25-23(24-2)27-20-11-13-28(16-20)22(30)18-7-4-3-5-8-18/h6,9-10,15,18,20H,3-5,7-8,11-14,16H2,1-2H3,(H,26,29)(H2,24,25,27). The van der Waals surface area contributed by atoms with E-state index in [1.807, 2.05) is 23.1 Å². The Morgan fingerprint density at radius 3 is 2.74 bits per heavy atom. The van der Waals surface area contributed by atoms with Crippen LogP contribution < -0.4 is 20.7 Å². The van der Waals surface area contributed by atoms with Gasteiger partial charge in [-0.25, -0.2) is 0 Å². The molecule has 2 aliphatic rings. The molecule has 0 bridgehead atoms. The predicted molar refractivity (Wildman–Crippen MR) is 122 cm³/mol. The summed E-state index contributed by atoms with van der Waals surface area (Å²) in [7, 11) is 1.74. The molecule has 0 radical (unpaired) electrons. The van der Waals surface area contributed by atoms with Crippen molar-refractivity contribution in [2.45, 2.75) is 51.5 Å². The number of amides is 2. The third-order valence-electron chi connectivity index (χ3n) is 5.84. The Morgan fingerprint density at radius 1 is 1.19 bits per heavy atom. The molecule has 8 heteroatoms. The van der Waals surface area contributed by atoms with Gasteiger partial charge in [-0.05, 0) is 31.4 Å². The molecule has 1 saturated heterocycles. The zero-order valence-electron chi connectivity index (χ0n) is 18.7. The van der Waals surface area contributed by atoms with E-state index in [0.717, 1.165) is 32.4 Å². The second-order valence-corrected chi connectivity index (χ2v) is 8.31. The first kappa shape index (κ1) is 22.9. The number of ether oxygens (including phenoxy) is 1. The molecule has 1 saturated carbocycles. The Bertz CT molecular complexity index is 776. The van der Waals surface area contributed by atoms with E-state index in [1.54, 1.807) is 13.1 Å². The molecule has 2 amide bonds. The maximum Gasteiger partial charge on any atom is 0.225 e. The minimum absolute atomic E-state index is 0.111. The molecule has 0 spiro atoms. The maximum absolute atomic E-state index is 12.7. The van der Waals surface area contributed by atoms with Crippen LogP contribution in [0.25, 0.3) is 0 Å². The number of hydrogen-bond acceptors (Lipinski definition) is 4. The number of carbonyl (C=O) groups excluding carboxylic acids is 2. The van der Waals surface area contributed by atoms with Crippen LogP contribution in [0.1, 0.15) is 45.4 Å². The summed E-state index contributed by atoms with van der Waals surface area (Å²) in [6, 6.07) is 7.53. The quantitative estimate of drug-likeness (QED) is 0.351. The van der Waals surface area contributed by atoms with E-state index in [4.69, 9.17) is 4.74 Å². The molecule has 170 valence electrons. The highest BCUT2D eigenvalue weighted by Gasteiger charge is 2.31. The van der Waals surface area contributed by atoms with Crippen LogP contribution in [0.4, 0.5) is 5.69 Å². The number of hydrogen-bond donors (Lipinski definition) is 3. The lowest BCUT2D eigenvalue weighted by Gasteiger charge is -2.26. The lowest BCUT2D eigenvalue weighted by atomic mass is 9.88. The molecular weight excluding hydrogens is 394 g/mol. The Labute approximate surface area is 184 Å². The van der Waals surface area contributed by atoms with Crippen molar-refractivity contribution in [3.05, 3.63) is 24.3 Å². The van der Waals surface area contributed by atoms with Crippen molar-refractivity contribution in [1.82, 2.24) is 15.5 Å². The van der Waals surface area contributed by atoms with Crippen molar-refractivity contribution < 1.29 is 14.3 Å². The highest BCUT2D eigenvalue weighted by molar-refractivity contribution is 5.88. The van der Waals surface area contributed by atoms with Crippen molar-refractivity contribution in [1.29, 1.82) is 0 Å². The third kappa shape index (κ3) is 7.15. The molecule has 1 aromatic carbocycles. The van der Waals surface area contributed by atoms with Gasteiger partial charge >= 0.3 is 0 Å². The van der Waals surface area contributed by atoms with Gasteiger partial charge in [-0.3, -0.25) is 14.6 Å². The van der Waals surface area contributed by atoms with Gasteiger partial charge in [0, 0.05) is 50.8 Å². The van der Waals surface area contributed by atoms with Gasteiger partial charge in [0.15, 0.2) is 5.96 Å². The second kappa shape index (κ2) is 11.6. The van der Waals surface area contributed by atoms with E-state index in [1.165, 1.54) is 26.2 Å². The smallest absolute Gasteiger partial charge is 0.225 e. The molecule has 3 rings (SSSR count). The average Bonchev–Trinajstić information content (AvgIpc) is 3.24. The fraction of sp³-hybridized carbons (Fsp3) is 0.609. The number of rotatable bonds is 7. The number of nitrogens with one attached hydrogen (secondary N) is 3. The first-order valence-electron chi connectivity index (χ1n) is 11.3. The number of guanidine groups is 1. The molecule has 0 aromatic heterocycles. The summed E-state index contributed by atoms with van der Waals surface area (Å²) in [6.45, 7) is 4.08. The molecule has 1 unspecified atom stereocenters. The Hall–Kier alpha value is -2.77. The first-order chi connectivity index (χ1) is 15.0. The SMILES string of the molecule is CN=C(NCCOc1cccc(NC(C)=O)c1)NC1CCN(C(=O)C2CCCCC2)C1. The number of aliphatic imine (C=N–C) groups is 1. The van der Waals surface area contributed by atoms with Gasteiger partial charge in [-0.15, -0.1) is 0 Å². The molecule has 1 aliphatic heterocycles. The lowest BCUT2D eigenvalue weighted by Crippen LogP contribution is -2.46. The van der Waals surface area contributed by atoms with Gasteiger partial charge in [0.2, 0.25) is 11.8 Å². The zero-order chi connectivity index (χ0) is 22.1. The molecule has 1 atom stereocenters. The highest BCUT2D eigenvalue weighted by Crippen LogP contribution is 2.26. The zero-order valence-corrected chi connectivity index (χ0v) is 18.7. The van der Waals surface area contributed by atoms with Crippen LogP contribution in [0, 0.1) is 5.92 Å². The summed E-state index contributed by atoms with van der Waals surface area (Å²) in [5.41, 5.74) is 0.712. The van der Waals surface area contributed by atoms with Crippen LogP contribution in [-0.2, 0) is 9.59 Å². The van der Waals surface area contributed by atoms with Crippen molar-refractivity contribution in [3.63, 3.8) is 0 Å². The minimum atomic E-state index is -0.111. The minimum Gasteiger partial charge on any atom is -0.492 e. The van der Waals surface area contributed by atoms with E-state index < -0.39 is 0 Å². The van der Waals surface area contributed by atoms with E-state index in [-0.39, 0.29) is 17.9 Å². The second-order valence-electron chi connectivity index (χ2n) is 8.31. The topological polar surface area (TPSA) is 95.1 Å². The number of nitrogens with zero attached hydrogens (tertiary/aromatic N) is 2. The summed E-state index contributed by atoms with van der Waals surface area (Å²) in [5.74, 6) is 1.86. The molecule has 3 N–H and O–H groups in total. The summed E-state index contributed by atoms with van der Waals surface area (Å²) in [5, 5.41) is 9.43. The van der Waals surface area contributed by atoms with Gasteiger partial charge in [0.1, 0.15) is 12.4 Å². The molecule has 31 heavy (non-hydrogen) atoms. The van der Waals surface area contributed by atoms with Crippen LogP contribution in [0.5, 0.6) is 5.75 Å². The summed E-state index contributed by atoms with van der Waals surface area (Å²) < 4.78 is 5.76. The van der Waals surface area contributed by atoms with Crippen LogP contribution in [0.2, 0.25) is 0 Å². The van der Waals surface area contributed by atoms with Gasteiger partial charge in [0.25, 0.3) is 0 Å². The van der Waals surface area contributed by atoms with E-state index >= 15 is 0 Å². The average molecular weight is 430 g/mol. The molecular formula is C23H35N5O3. The molecule has 1 heterocycles. The van der Waals surface area contributed by atoms with Crippen LogP contribution in [-0.4, -0.2) is 62.0 Å². The predicted octanol–water partition coefficient (Wildman–Crippen LogP) is 2.37. The van der Waals surface area contributed by atoms with Crippen LogP contribution in [0.15, 0.2) is 29.3 Å². The highest BCUT2D eigenvalue weighted by atomic mass is 16.5. The number of carbonyl (C=O) groups is 2. The lowest BCUT2D eigenvalue weighted by molar-refractivity contribution is -0.135. The summed E-state index contributed by atoms with van der Waals surface area (Å²) in [4.78, 5) is 30.2. The number of likely N-dealkylation sites (tertiary alicyclic amines) is 1.